The Labute approximate surface area is 332 Å². The van der Waals surface area contributed by atoms with Crippen LogP contribution >= 0.6 is 0 Å². The fourth-order valence-corrected chi connectivity index (χ4v) is 10.3. The molecule has 0 radical (unpaired) electrons. The second-order valence-corrected chi connectivity index (χ2v) is 19.6. The van der Waals surface area contributed by atoms with Gasteiger partial charge in [-0.05, 0) is 109 Å². The monoisotopic (exact) mass is 792 g/mol. The molecule has 1 aliphatic carbocycles. The van der Waals surface area contributed by atoms with Gasteiger partial charge in [-0.3, -0.25) is 4.55 Å². The lowest BCUT2D eigenvalue weighted by molar-refractivity contribution is -0.438. The summed E-state index contributed by atoms with van der Waals surface area (Å²) in [5, 5.41) is 4.79. The lowest BCUT2D eigenvalue weighted by Gasteiger charge is -2.27. The van der Waals surface area contributed by atoms with E-state index in [1.54, 1.807) is 0 Å². The van der Waals surface area contributed by atoms with E-state index in [0.717, 1.165) is 42.0 Å². The highest BCUT2D eigenvalue weighted by Gasteiger charge is 2.45. The van der Waals surface area contributed by atoms with Crippen molar-refractivity contribution in [2.75, 3.05) is 29.5 Å². The van der Waals surface area contributed by atoms with Gasteiger partial charge in [0.1, 0.15) is 6.54 Å². The largest absolute Gasteiger partial charge is 0.748 e. The summed E-state index contributed by atoms with van der Waals surface area (Å²) in [5.74, 6) is -0.606. The van der Waals surface area contributed by atoms with Crippen LogP contribution in [-0.2, 0) is 31.1 Å². The third kappa shape index (κ3) is 8.21. The number of anilines is 1. The van der Waals surface area contributed by atoms with E-state index in [9.17, 15) is 25.9 Å². The Morgan fingerprint density at radius 3 is 2.11 bits per heavy atom. The Morgan fingerprint density at radius 2 is 1.41 bits per heavy atom. The molecule has 294 valence electrons. The Bertz CT molecular complexity index is 2580. The summed E-state index contributed by atoms with van der Waals surface area (Å²) in [7, 11) is -8.28. The smallest absolute Gasteiger partial charge is 0.264 e. The van der Waals surface area contributed by atoms with E-state index < -0.39 is 20.2 Å². The molecule has 0 atom stereocenters. The highest BCUT2D eigenvalue weighted by Crippen LogP contribution is 2.51. The van der Waals surface area contributed by atoms with Crippen LogP contribution in [0.2, 0.25) is 0 Å². The van der Waals surface area contributed by atoms with Crippen molar-refractivity contribution in [1.29, 1.82) is 0 Å². The molecular weight excluding hydrogens is 741 g/mol. The van der Waals surface area contributed by atoms with E-state index in [2.05, 4.69) is 140 Å². The van der Waals surface area contributed by atoms with Crippen LogP contribution in [0.5, 0.6) is 0 Å². The number of allylic oxidation sites excluding steroid dienone is 8. The molecule has 7 rings (SSSR count). The van der Waals surface area contributed by atoms with E-state index in [4.69, 9.17) is 0 Å². The highest BCUT2D eigenvalue weighted by atomic mass is 32.2. The molecule has 0 saturated heterocycles. The van der Waals surface area contributed by atoms with Crippen LogP contribution in [0.1, 0.15) is 83.8 Å². The zero-order chi connectivity index (χ0) is 39.9. The predicted octanol–water partition coefficient (Wildman–Crippen LogP) is 9.64. The number of benzene rings is 4. The van der Waals surface area contributed by atoms with Crippen LogP contribution in [-0.4, -0.2) is 60.8 Å². The molecule has 0 fully saturated rings. The molecule has 0 amide bonds. The van der Waals surface area contributed by atoms with E-state index in [0.29, 0.717) is 38.8 Å². The molecular formula is C46H52N2O6S2. The van der Waals surface area contributed by atoms with Crippen molar-refractivity contribution in [3.63, 3.8) is 0 Å². The Morgan fingerprint density at radius 1 is 0.750 bits per heavy atom. The molecule has 10 heteroatoms. The van der Waals surface area contributed by atoms with Crippen molar-refractivity contribution in [1.82, 2.24) is 0 Å². The summed E-state index contributed by atoms with van der Waals surface area (Å²) < 4.78 is 68.7. The lowest BCUT2D eigenvalue weighted by atomic mass is 9.79. The third-order valence-electron chi connectivity index (χ3n) is 11.8. The maximum absolute atomic E-state index is 11.5. The second kappa shape index (κ2) is 15.5. The molecule has 0 aromatic heterocycles. The van der Waals surface area contributed by atoms with E-state index in [1.807, 2.05) is 0 Å². The average Bonchev–Trinajstić information content (AvgIpc) is 3.50. The van der Waals surface area contributed by atoms with Crippen LogP contribution in [0.3, 0.4) is 0 Å². The number of unbranched alkanes of at least 4 members (excludes halogenated alkanes) is 2. The first-order chi connectivity index (χ1) is 26.5. The second-order valence-electron chi connectivity index (χ2n) is 16.5. The van der Waals surface area contributed by atoms with E-state index >= 15 is 0 Å². The first kappa shape index (κ1) is 39.9. The van der Waals surface area contributed by atoms with Gasteiger partial charge in [0.05, 0.1) is 21.3 Å². The number of nitrogens with zero attached hydrogens (tertiary/aromatic N) is 2. The zero-order valence-corrected chi connectivity index (χ0v) is 34.4. The molecule has 1 N–H and O–H groups in total. The molecule has 8 nitrogen and oxygen atoms in total. The number of hydrogen-bond donors (Lipinski definition) is 1. The third-order valence-corrected chi connectivity index (χ3v) is 13.4. The van der Waals surface area contributed by atoms with Gasteiger partial charge in [0.15, 0.2) is 5.71 Å². The van der Waals surface area contributed by atoms with Crippen molar-refractivity contribution < 1.29 is 30.5 Å². The quantitative estimate of drug-likeness (QED) is 0.0814. The van der Waals surface area contributed by atoms with Gasteiger partial charge < -0.3 is 9.45 Å². The molecule has 4 aromatic carbocycles. The first-order valence-electron chi connectivity index (χ1n) is 19.7. The summed E-state index contributed by atoms with van der Waals surface area (Å²) in [6.07, 6.45) is 16.1. The molecule has 0 unspecified atom stereocenters. The summed E-state index contributed by atoms with van der Waals surface area (Å²) in [4.78, 5) is 2.31. The maximum Gasteiger partial charge on any atom is 0.264 e. The van der Waals surface area contributed by atoms with Gasteiger partial charge >= 0.3 is 0 Å². The Balaban J connectivity index is 1.21. The van der Waals surface area contributed by atoms with Crippen LogP contribution in [0.25, 0.3) is 21.5 Å². The van der Waals surface area contributed by atoms with Gasteiger partial charge in [-0.15, -0.1) is 0 Å². The van der Waals surface area contributed by atoms with Crippen LogP contribution in [0.4, 0.5) is 11.4 Å². The molecule has 0 saturated carbocycles. The molecule has 0 spiro atoms. The van der Waals surface area contributed by atoms with Gasteiger partial charge in [0, 0.05) is 53.2 Å². The summed E-state index contributed by atoms with van der Waals surface area (Å²) >= 11 is 0. The molecule has 4 aromatic rings. The van der Waals surface area contributed by atoms with E-state index in [1.165, 1.54) is 43.8 Å². The van der Waals surface area contributed by atoms with Gasteiger partial charge in [-0.1, -0.05) is 86.7 Å². The minimum Gasteiger partial charge on any atom is -0.748 e. The van der Waals surface area contributed by atoms with Gasteiger partial charge in [-0.2, -0.15) is 13.0 Å². The predicted molar refractivity (Wildman–Crippen MR) is 228 cm³/mol. The standard InChI is InChI=1S/C46H52N2O6S2/c1-45(2)41(47(28-9-11-30-55(49,50)51)39-24-22-35-16-5-7-18-37(35)43(39)45)26-20-33-14-13-15-34(32-33)21-27-42-46(3,4)44-38-19-8-6-17-36(38)23-25-40(44)48(42)29-10-12-31-56(52,53)54/h5-8,16-27,32H,9-15,28-31H2,1-4H3,(H-,49,50,51,52,53,54). The molecule has 3 aliphatic rings. The topological polar surface area (TPSA) is 118 Å². The van der Waals surface area contributed by atoms with Crippen molar-refractivity contribution in [3.8, 4) is 0 Å². The SMILES string of the molecule is CC1(C)C(/C=C/C2=CC(=C/C=C3/N(CCCCS(=O)(=O)[O-])c4ccc5ccccc5c4C3(C)C)/CCC2)=[N+](CCCCS(=O)(=O)O)c2ccc3ccccc3c21. The molecule has 2 aliphatic heterocycles. The summed E-state index contributed by atoms with van der Waals surface area (Å²) in [5.41, 5.74) is 8.96. The number of fused-ring (bicyclic) bond motifs is 6. The summed E-state index contributed by atoms with van der Waals surface area (Å²) in [6, 6.07) is 25.5. The van der Waals surface area contributed by atoms with Crippen LogP contribution in [0.15, 0.2) is 120 Å². The van der Waals surface area contributed by atoms with Crippen molar-refractivity contribution in [2.24, 2.45) is 0 Å². The van der Waals surface area contributed by atoms with Gasteiger partial charge in [0.25, 0.3) is 10.1 Å². The van der Waals surface area contributed by atoms with E-state index in [-0.39, 0.29) is 22.3 Å². The molecule has 56 heavy (non-hydrogen) atoms. The van der Waals surface area contributed by atoms with Crippen molar-refractivity contribution in [3.05, 3.63) is 131 Å². The zero-order valence-electron chi connectivity index (χ0n) is 32.8. The highest BCUT2D eigenvalue weighted by molar-refractivity contribution is 7.85. The van der Waals surface area contributed by atoms with Crippen molar-refractivity contribution in [2.45, 2.75) is 83.5 Å². The average molecular weight is 793 g/mol. The van der Waals surface area contributed by atoms with Gasteiger partial charge in [0.2, 0.25) is 5.69 Å². The molecule has 2 heterocycles. The normalized spacial score (nSPS) is 19.5. The van der Waals surface area contributed by atoms with Crippen molar-refractivity contribution >= 4 is 58.9 Å². The Kier molecular flexibility index (Phi) is 11.1. The maximum atomic E-state index is 11.5. The fourth-order valence-electron chi connectivity index (χ4n) is 9.17. The van der Waals surface area contributed by atoms with Crippen LogP contribution < -0.4 is 4.90 Å². The lowest BCUT2D eigenvalue weighted by Crippen LogP contribution is -2.28. The summed E-state index contributed by atoms with van der Waals surface area (Å²) in [6.45, 7) is 10.3. The fraction of sp³-hybridized carbons (Fsp3) is 0.370. The Hall–Kier alpha value is -4.35. The van der Waals surface area contributed by atoms with Gasteiger partial charge in [-0.25, -0.2) is 8.42 Å². The number of rotatable bonds is 13. The molecule has 0 bridgehead atoms. The minimum atomic E-state index is -4.27. The number of hydrogen-bond acceptors (Lipinski definition) is 6. The minimum absolute atomic E-state index is 0.248. The van der Waals surface area contributed by atoms with Crippen LogP contribution in [0, 0.1) is 0 Å². The first-order valence-corrected chi connectivity index (χ1v) is 22.9.